The zero-order valence-corrected chi connectivity index (χ0v) is 24.0. The first-order chi connectivity index (χ1) is 20.4. The van der Waals surface area contributed by atoms with Crippen molar-refractivity contribution in [3.63, 3.8) is 0 Å². The minimum atomic E-state index is -4.34. The van der Waals surface area contributed by atoms with E-state index < -0.39 is 17.7 Å². The van der Waals surface area contributed by atoms with E-state index in [9.17, 15) is 27.6 Å². The van der Waals surface area contributed by atoms with Gasteiger partial charge < -0.3 is 25.7 Å². The maximum Gasteiger partial charge on any atom is 0.416 e. The number of aryl methyl sites for hydroxylation is 1. The van der Waals surface area contributed by atoms with Crippen LogP contribution in [0.5, 0.6) is 5.75 Å². The second-order valence-corrected chi connectivity index (χ2v) is 9.40. The summed E-state index contributed by atoms with van der Waals surface area (Å²) in [6.07, 6.45) is 2.52. The predicted molar refractivity (Wildman–Crippen MR) is 159 cm³/mol. The van der Waals surface area contributed by atoms with Gasteiger partial charge in [0.15, 0.2) is 0 Å². The van der Waals surface area contributed by atoms with Gasteiger partial charge in [-0.2, -0.15) is 13.2 Å². The smallest absolute Gasteiger partial charge is 0.416 e. The van der Waals surface area contributed by atoms with Gasteiger partial charge in [0.05, 0.1) is 31.5 Å². The summed E-state index contributed by atoms with van der Waals surface area (Å²) in [4.78, 5) is 34.0. The lowest BCUT2D eigenvalue weighted by atomic mass is 10.1. The number of rotatable bonds is 12. The number of hydrogen-bond acceptors (Lipinski definition) is 8. The number of methoxy groups -OCH3 is 1. The molecule has 0 aliphatic heterocycles. The molecule has 0 saturated carbocycles. The van der Waals surface area contributed by atoms with E-state index in [1.54, 1.807) is 19.3 Å². The van der Waals surface area contributed by atoms with Crippen molar-refractivity contribution in [2.45, 2.75) is 38.8 Å². The Bertz CT molecular complexity index is 1370. The third-order valence-corrected chi connectivity index (χ3v) is 5.98. The number of ether oxygens (including phenoxy) is 3. The van der Waals surface area contributed by atoms with Crippen molar-refractivity contribution in [1.82, 2.24) is 0 Å². The van der Waals surface area contributed by atoms with E-state index in [0.717, 1.165) is 49.1 Å². The molecule has 0 radical (unpaired) electrons. The van der Waals surface area contributed by atoms with E-state index in [1.807, 2.05) is 24.3 Å². The Labute approximate surface area is 248 Å². The summed E-state index contributed by atoms with van der Waals surface area (Å²) < 4.78 is 51.8. The highest BCUT2D eigenvalue weighted by molar-refractivity contribution is 5.91. The third-order valence-electron chi connectivity index (χ3n) is 5.98. The van der Waals surface area contributed by atoms with E-state index in [1.165, 1.54) is 31.2 Å². The lowest BCUT2D eigenvalue weighted by molar-refractivity contribution is -0.138. The summed E-state index contributed by atoms with van der Waals surface area (Å²) >= 11 is 0. The van der Waals surface area contributed by atoms with Crippen LogP contribution in [0.3, 0.4) is 0 Å². The molecular weight excluding hydrogens is 565 g/mol. The SMILES string of the molecule is COc1ccc(/C=C/C(=O)OCCCCCCOC(=O)c2cc(N)cc(N)c2)cc1.Cc1cc(C(F)(F)F)ccc1C=O. The van der Waals surface area contributed by atoms with Crippen molar-refractivity contribution in [2.24, 2.45) is 0 Å². The lowest BCUT2D eigenvalue weighted by Crippen LogP contribution is -2.08. The van der Waals surface area contributed by atoms with Crippen LogP contribution in [0.15, 0.2) is 66.7 Å². The van der Waals surface area contributed by atoms with E-state index in [4.69, 9.17) is 25.7 Å². The molecule has 0 unspecified atom stereocenters. The van der Waals surface area contributed by atoms with Gasteiger partial charge in [-0.3, -0.25) is 4.79 Å². The minimum Gasteiger partial charge on any atom is -0.497 e. The molecule has 0 spiro atoms. The van der Waals surface area contributed by atoms with Gasteiger partial charge in [-0.05, 0) is 92.3 Å². The van der Waals surface area contributed by atoms with Gasteiger partial charge in [0, 0.05) is 23.0 Å². The van der Waals surface area contributed by atoms with Crippen LogP contribution in [-0.2, 0) is 20.4 Å². The molecule has 3 aromatic carbocycles. The highest BCUT2D eigenvalue weighted by Crippen LogP contribution is 2.30. The van der Waals surface area contributed by atoms with Crippen molar-refractivity contribution >= 4 is 35.7 Å². The summed E-state index contributed by atoms with van der Waals surface area (Å²) in [5, 5.41) is 0. The second-order valence-electron chi connectivity index (χ2n) is 9.40. The molecule has 3 rings (SSSR count). The number of alkyl halides is 3. The number of unbranched alkanes of at least 4 members (excludes halogenated alkanes) is 3. The predicted octanol–water partition coefficient (Wildman–Crippen LogP) is 6.66. The Morgan fingerprint density at radius 1 is 0.837 bits per heavy atom. The molecule has 0 fully saturated rings. The molecule has 4 N–H and O–H groups in total. The van der Waals surface area contributed by atoms with Gasteiger partial charge >= 0.3 is 18.1 Å². The molecule has 0 atom stereocenters. The summed E-state index contributed by atoms with van der Waals surface area (Å²) in [7, 11) is 1.60. The Balaban J connectivity index is 0.000000413. The fourth-order valence-electron chi connectivity index (χ4n) is 3.68. The number of nitrogens with two attached hydrogens (primary N) is 2. The molecule has 8 nitrogen and oxygen atoms in total. The van der Waals surface area contributed by atoms with Gasteiger partial charge in [-0.25, -0.2) is 9.59 Å². The number of anilines is 2. The topological polar surface area (TPSA) is 131 Å². The number of nitrogen functional groups attached to an aromatic ring is 2. The Kier molecular flexibility index (Phi) is 13.8. The van der Waals surface area contributed by atoms with Gasteiger partial charge in [0.25, 0.3) is 0 Å². The summed E-state index contributed by atoms with van der Waals surface area (Å²) in [6, 6.07) is 15.1. The van der Waals surface area contributed by atoms with Gasteiger partial charge in [-0.1, -0.05) is 18.2 Å². The Hall–Kier alpha value is -4.80. The summed E-state index contributed by atoms with van der Waals surface area (Å²) in [5.74, 6) is -0.0494. The number of benzene rings is 3. The normalized spacial score (nSPS) is 10.9. The third kappa shape index (κ3) is 12.7. The maximum atomic E-state index is 12.1. The minimum absolute atomic E-state index is 0.285. The number of halogens is 3. The van der Waals surface area contributed by atoms with Crippen LogP contribution >= 0.6 is 0 Å². The fourth-order valence-corrected chi connectivity index (χ4v) is 3.68. The molecule has 0 saturated heterocycles. The van der Waals surface area contributed by atoms with E-state index in [2.05, 4.69) is 0 Å². The van der Waals surface area contributed by atoms with Crippen LogP contribution in [0.2, 0.25) is 0 Å². The van der Waals surface area contributed by atoms with E-state index >= 15 is 0 Å². The van der Waals surface area contributed by atoms with Crippen molar-refractivity contribution < 1.29 is 41.8 Å². The van der Waals surface area contributed by atoms with Gasteiger partial charge in [0.2, 0.25) is 0 Å². The first-order valence-electron chi connectivity index (χ1n) is 13.4. The first-order valence-corrected chi connectivity index (χ1v) is 13.4. The highest BCUT2D eigenvalue weighted by Gasteiger charge is 2.30. The monoisotopic (exact) mass is 600 g/mol. The van der Waals surface area contributed by atoms with Crippen molar-refractivity contribution in [2.75, 3.05) is 31.8 Å². The zero-order valence-electron chi connectivity index (χ0n) is 24.0. The van der Waals surface area contributed by atoms with E-state index in [-0.39, 0.29) is 11.5 Å². The average molecular weight is 601 g/mol. The standard InChI is InChI=1S/C23H28N2O5.C9H7F3O/c1-28-21-9-6-17(7-10-21)8-11-22(26)29-12-4-2-3-5-13-30-23(27)18-14-19(24)16-20(25)15-18;1-6-4-8(9(10,11)12)3-2-7(6)5-13/h6-11,14-16H,2-5,12-13,24-25H2,1H3;2-5H,1H3/b11-8+;. The number of carbonyl (C=O) groups is 3. The highest BCUT2D eigenvalue weighted by atomic mass is 19.4. The van der Waals surface area contributed by atoms with Crippen LogP contribution < -0.4 is 16.2 Å². The van der Waals surface area contributed by atoms with Crippen molar-refractivity contribution in [1.29, 1.82) is 0 Å². The van der Waals surface area contributed by atoms with E-state index in [0.29, 0.717) is 42.0 Å². The van der Waals surface area contributed by atoms with Crippen LogP contribution in [-0.4, -0.2) is 38.5 Å². The van der Waals surface area contributed by atoms with Gasteiger partial charge in [-0.15, -0.1) is 0 Å². The molecular formula is C32H35F3N2O6. The largest absolute Gasteiger partial charge is 0.497 e. The number of carbonyl (C=O) groups excluding carboxylic acids is 3. The average Bonchev–Trinajstić information content (AvgIpc) is 2.97. The Morgan fingerprint density at radius 3 is 1.98 bits per heavy atom. The fraction of sp³-hybridized carbons (Fsp3) is 0.281. The molecule has 3 aromatic rings. The molecule has 0 heterocycles. The molecule has 11 heteroatoms. The molecule has 43 heavy (non-hydrogen) atoms. The molecule has 0 aromatic heterocycles. The van der Waals surface area contributed by atoms with Crippen LogP contribution in [0.1, 0.15) is 63.1 Å². The van der Waals surface area contributed by atoms with Gasteiger partial charge in [0.1, 0.15) is 12.0 Å². The summed E-state index contributed by atoms with van der Waals surface area (Å²) in [5.41, 5.74) is 13.3. The quantitative estimate of drug-likeness (QED) is 0.0776. The number of esters is 2. The molecule has 0 aliphatic rings. The van der Waals surface area contributed by atoms with Crippen LogP contribution in [0.25, 0.3) is 6.08 Å². The van der Waals surface area contributed by atoms with Crippen molar-refractivity contribution in [3.05, 3.63) is 94.6 Å². The first kappa shape index (κ1) is 34.4. The zero-order chi connectivity index (χ0) is 31.8. The maximum absolute atomic E-state index is 12.1. The summed E-state index contributed by atoms with van der Waals surface area (Å²) in [6.45, 7) is 2.14. The Morgan fingerprint density at radius 2 is 1.44 bits per heavy atom. The lowest BCUT2D eigenvalue weighted by Gasteiger charge is -2.07. The van der Waals surface area contributed by atoms with Crippen molar-refractivity contribution in [3.8, 4) is 5.75 Å². The second kappa shape index (κ2) is 17.2. The molecule has 0 bridgehead atoms. The molecule has 230 valence electrons. The number of hydrogen-bond donors (Lipinski definition) is 2. The molecule has 0 aliphatic carbocycles. The van der Waals surface area contributed by atoms with Crippen LogP contribution in [0.4, 0.5) is 24.5 Å². The molecule has 0 amide bonds. The van der Waals surface area contributed by atoms with Crippen LogP contribution in [0, 0.1) is 6.92 Å². The number of aldehydes is 1.